The molecule has 36 heavy (non-hydrogen) atoms. The molecular formula is C29H36N4O3. The van der Waals surface area contributed by atoms with Gasteiger partial charge in [0.15, 0.2) is 0 Å². The van der Waals surface area contributed by atoms with Gasteiger partial charge in [-0.25, -0.2) is 4.98 Å². The lowest BCUT2D eigenvalue weighted by atomic mass is 10.0. The molecule has 3 aromatic rings. The summed E-state index contributed by atoms with van der Waals surface area (Å²) in [6.45, 7) is 4.95. The van der Waals surface area contributed by atoms with Crippen molar-refractivity contribution >= 4 is 11.8 Å². The number of para-hydroxylation sites is 1. The van der Waals surface area contributed by atoms with Crippen molar-refractivity contribution in [1.29, 1.82) is 0 Å². The predicted octanol–water partition coefficient (Wildman–Crippen LogP) is 4.44. The van der Waals surface area contributed by atoms with Gasteiger partial charge in [0.1, 0.15) is 12.4 Å². The van der Waals surface area contributed by atoms with Crippen LogP contribution in [0.1, 0.15) is 48.5 Å². The van der Waals surface area contributed by atoms with Crippen LogP contribution >= 0.6 is 0 Å². The molecule has 7 nitrogen and oxygen atoms in total. The van der Waals surface area contributed by atoms with Crippen LogP contribution < -0.4 is 4.74 Å². The van der Waals surface area contributed by atoms with Gasteiger partial charge in [0.25, 0.3) is 5.91 Å². The molecule has 7 heteroatoms. The first-order valence-electron chi connectivity index (χ1n) is 13.0. The van der Waals surface area contributed by atoms with Gasteiger partial charge in [0, 0.05) is 45.0 Å². The van der Waals surface area contributed by atoms with Crippen LogP contribution in [0.2, 0.25) is 0 Å². The van der Waals surface area contributed by atoms with E-state index in [9.17, 15) is 9.59 Å². The van der Waals surface area contributed by atoms with Gasteiger partial charge < -0.3 is 19.1 Å². The zero-order valence-corrected chi connectivity index (χ0v) is 21.1. The van der Waals surface area contributed by atoms with Crippen LogP contribution in [-0.4, -0.2) is 63.4 Å². The van der Waals surface area contributed by atoms with Gasteiger partial charge in [-0.2, -0.15) is 0 Å². The zero-order chi connectivity index (χ0) is 25.2. The van der Waals surface area contributed by atoms with Gasteiger partial charge in [0.2, 0.25) is 5.91 Å². The number of aryl methyl sites for hydroxylation is 1. The summed E-state index contributed by atoms with van der Waals surface area (Å²) in [5.41, 5.74) is 1.74. The average Bonchev–Trinajstić information content (AvgIpc) is 3.44. The highest BCUT2D eigenvalue weighted by molar-refractivity contribution is 5.96. The van der Waals surface area contributed by atoms with Crippen LogP contribution in [0.15, 0.2) is 73.3 Å². The lowest BCUT2D eigenvalue weighted by Gasteiger charge is -2.32. The molecule has 0 fully saturated rings. The summed E-state index contributed by atoms with van der Waals surface area (Å²) in [6, 6.07) is 17.5. The maximum Gasteiger partial charge on any atom is 0.257 e. The van der Waals surface area contributed by atoms with Gasteiger partial charge in [-0.1, -0.05) is 42.5 Å². The Labute approximate surface area is 213 Å². The zero-order valence-electron chi connectivity index (χ0n) is 21.1. The van der Waals surface area contributed by atoms with Crippen LogP contribution in [0.25, 0.3) is 0 Å². The smallest absolute Gasteiger partial charge is 0.257 e. The highest BCUT2D eigenvalue weighted by Gasteiger charge is 2.26. The van der Waals surface area contributed by atoms with E-state index in [1.165, 1.54) is 0 Å². The normalized spacial score (nSPS) is 17.4. The molecule has 0 radical (unpaired) electrons. The molecule has 0 unspecified atom stereocenters. The Kier molecular flexibility index (Phi) is 9.14. The quantitative estimate of drug-likeness (QED) is 0.515. The molecule has 2 amide bonds. The van der Waals surface area contributed by atoms with E-state index in [1.54, 1.807) is 12.5 Å². The third-order valence-electron chi connectivity index (χ3n) is 6.76. The Morgan fingerprint density at radius 3 is 2.58 bits per heavy atom. The number of nitrogens with zero attached hydrogens (tertiary/aromatic N) is 4. The van der Waals surface area contributed by atoms with Crippen molar-refractivity contribution in [3.05, 3.63) is 84.4 Å². The minimum absolute atomic E-state index is 0.000205. The summed E-state index contributed by atoms with van der Waals surface area (Å²) < 4.78 is 8.26. The van der Waals surface area contributed by atoms with Gasteiger partial charge in [0.05, 0.1) is 17.9 Å². The van der Waals surface area contributed by atoms with E-state index in [0.717, 1.165) is 24.8 Å². The fourth-order valence-electron chi connectivity index (χ4n) is 4.73. The van der Waals surface area contributed by atoms with E-state index < -0.39 is 0 Å². The second kappa shape index (κ2) is 12.9. The number of ether oxygens (including phenoxy) is 1. The monoisotopic (exact) mass is 488 g/mol. The fraction of sp³-hybridized carbons (Fsp3) is 0.414. The standard InChI is InChI=1S/C29H36N4O3/c1-2-32-17-9-4-10-18-33(28(34)15-19-31-20-16-30-23-31)25(21-24-11-5-3-6-12-24)22-36-27-14-8-7-13-26(27)29(32)35/h3,5-8,11-14,16,20,23,25H,2,4,9-10,15,17-19,21-22H2,1H3/t25-/m0/s1. The lowest BCUT2D eigenvalue weighted by Crippen LogP contribution is -2.46. The SMILES string of the molecule is CCN1CCCCCN(C(=O)CCn2ccnc2)[C@@H](Cc2ccccc2)COc2ccccc2C1=O. The van der Waals surface area contributed by atoms with Crippen molar-refractivity contribution in [1.82, 2.24) is 19.4 Å². The number of amides is 2. The molecule has 1 atom stereocenters. The van der Waals surface area contributed by atoms with Gasteiger partial charge in [-0.05, 0) is 50.3 Å². The molecule has 0 saturated carbocycles. The lowest BCUT2D eigenvalue weighted by molar-refractivity contribution is -0.134. The fourth-order valence-corrected chi connectivity index (χ4v) is 4.73. The van der Waals surface area contributed by atoms with Crippen LogP contribution in [0.5, 0.6) is 5.75 Å². The Hall–Kier alpha value is -3.61. The number of rotatable bonds is 6. The molecule has 1 aliphatic heterocycles. The summed E-state index contributed by atoms with van der Waals surface area (Å²) >= 11 is 0. The molecule has 4 rings (SSSR count). The van der Waals surface area contributed by atoms with E-state index >= 15 is 0 Å². The number of carbonyl (C=O) groups excluding carboxylic acids is 2. The third-order valence-corrected chi connectivity index (χ3v) is 6.76. The van der Waals surface area contributed by atoms with E-state index in [2.05, 4.69) is 17.1 Å². The van der Waals surface area contributed by atoms with E-state index in [1.807, 2.05) is 70.0 Å². The van der Waals surface area contributed by atoms with Crippen LogP contribution in [0.3, 0.4) is 0 Å². The molecule has 0 bridgehead atoms. The highest BCUT2D eigenvalue weighted by Crippen LogP contribution is 2.23. The molecule has 0 N–H and O–H groups in total. The average molecular weight is 489 g/mol. The maximum absolute atomic E-state index is 13.5. The Morgan fingerprint density at radius 2 is 1.81 bits per heavy atom. The maximum atomic E-state index is 13.5. The molecule has 1 aliphatic rings. The first-order chi connectivity index (χ1) is 17.7. The van der Waals surface area contributed by atoms with E-state index in [-0.39, 0.29) is 17.9 Å². The van der Waals surface area contributed by atoms with Crippen LogP contribution in [-0.2, 0) is 17.8 Å². The minimum Gasteiger partial charge on any atom is -0.491 e. The molecule has 1 aromatic heterocycles. The van der Waals surface area contributed by atoms with E-state index in [4.69, 9.17) is 4.74 Å². The minimum atomic E-state index is -0.145. The summed E-state index contributed by atoms with van der Waals surface area (Å²) in [5, 5.41) is 0. The highest BCUT2D eigenvalue weighted by atomic mass is 16.5. The number of imidazole rings is 1. The Bertz CT molecular complexity index is 1100. The summed E-state index contributed by atoms with van der Waals surface area (Å²) in [6.07, 6.45) is 9.19. The second-order valence-electron chi connectivity index (χ2n) is 9.23. The molecule has 2 aromatic carbocycles. The van der Waals surface area contributed by atoms with Crippen molar-refractivity contribution in [3.8, 4) is 5.75 Å². The number of benzene rings is 2. The van der Waals surface area contributed by atoms with Crippen LogP contribution in [0, 0.1) is 0 Å². The number of hydrogen-bond donors (Lipinski definition) is 0. The number of hydrogen-bond acceptors (Lipinski definition) is 4. The van der Waals surface area contributed by atoms with Gasteiger partial charge >= 0.3 is 0 Å². The second-order valence-corrected chi connectivity index (χ2v) is 9.23. The number of aromatic nitrogens is 2. The first-order valence-corrected chi connectivity index (χ1v) is 13.0. The van der Waals surface area contributed by atoms with Crippen molar-refractivity contribution in [3.63, 3.8) is 0 Å². The van der Waals surface area contributed by atoms with E-state index in [0.29, 0.717) is 56.9 Å². The Morgan fingerprint density at radius 1 is 1.03 bits per heavy atom. The van der Waals surface area contributed by atoms with Gasteiger partial charge in [-0.15, -0.1) is 0 Å². The Balaban J connectivity index is 1.61. The van der Waals surface area contributed by atoms with Crippen molar-refractivity contribution in [2.24, 2.45) is 0 Å². The molecule has 0 saturated heterocycles. The topological polar surface area (TPSA) is 67.7 Å². The summed E-state index contributed by atoms with van der Waals surface area (Å²) in [4.78, 5) is 34.8. The molecule has 0 spiro atoms. The molecule has 190 valence electrons. The first kappa shape index (κ1) is 25.5. The summed E-state index contributed by atoms with van der Waals surface area (Å²) in [7, 11) is 0. The predicted molar refractivity (Wildman–Crippen MR) is 140 cm³/mol. The van der Waals surface area contributed by atoms with Gasteiger partial charge in [-0.3, -0.25) is 9.59 Å². The van der Waals surface area contributed by atoms with Crippen molar-refractivity contribution < 1.29 is 14.3 Å². The molecule has 2 heterocycles. The third kappa shape index (κ3) is 6.74. The molecule has 0 aliphatic carbocycles. The number of fused-ring (bicyclic) bond motifs is 1. The van der Waals surface area contributed by atoms with Crippen molar-refractivity contribution in [2.45, 2.75) is 51.6 Å². The molecular weight excluding hydrogens is 452 g/mol. The van der Waals surface area contributed by atoms with Crippen LogP contribution in [0.4, 0.5) is 0 Å². The van der Waals surface area contributed by atoms with Crippen molar-refractivity contribution in [2.75, 3.05) is 26.2 Å². The largest absolute Gasteiger partial charge is 0.491 e. The number of carbonyl (C=O) groups is 2. The summed E-state index contributed by atoms with van der Waals surface area (Å²) in [5.74, 6) is 0.687.